The van der Waals surface area contributed by atoms with Gasteiger partial charge in [-0.15, -0.1) is 0 Å². The molecule has 1 aliphatic heterocycles. The quantitative estimate of drug-likeness (QED) is 0.423. The first-order valence-corrected chi connectivity index (χ1v) is 4.55. The Morgan fingerprint density at radius 3 is 2.60 bits per heavy atom. The number of nitrogens with zero attached hydrogens (tertiary/aromatic N) is 1. The van der Waals surface area contributed by atoms with E-state index < -0.39 is 11.9 Å². The predicted octanol–water partition coefficient (Wildman–Crippen LogP) is -2.28. The van der Waals surface area contributed by atoms with Crippen LogP contribution in [0.15, 0.2) is 5.10 Å². The Balaban J connectivity index is 2.50. The zero-order valence-electron chi connectivity index (χ0n) is 8.06. The molecule has 0 unspecified atom stereocenters. The molecule has 1 heterocycles. The summed E-state index contributed by atoms with van der Waals surface area (Å²) in [6, 6.07) is -0.696. The summed E-state index contributed by atoms with van der Waals surface area (Å²) in [5.74, 6) is -0.712. The largest absolute Gasteiger partial charge is 0.394 e. The van der Waals surface area contributed by atoms with E-state index in [1.807, 2.05) is 0 Å². The first-order valence-electron chi connectivity index (χ1n) is 4.55. The van der Waals surface area contributed by atoms with E-state index in [4.69, 9.17) is 10.2 Å². The standard InChI is InChI=1S/C8H13N3O4/c12-3-5(4-13)9-8(15)6-1-2-7(14)11-10-6/h5,12-13H,1-4H2,(H,9,15)(H,11,14). The van der Waals surface area contributed by atoms with Crippen LogP contribution in [0.3, 0.4) is 0 Å². The van der Waals surface area contributed by atoms with Crippen LogP contribution in [0.2, 0.25) is 0 Å². The van der Waals surface area contributed by atoms with Crippen LogP contribution in [0, 0.1) is 0 Å². The van der Waals surface area contributed by atoms with Crippen LogP contribution in [-0.4, -0.2) is 47.0 Å². The minimum absolute atomic E-state index is 0.196. The number of carbonyl (C=O) groups excluding carboxylic acids is 2. The van der Waals surface area contributed by atoms with Crippen molar-refractivity contribution in [2.75, 3.05) is 13.2 Å². The fraction of sp³-hybridized carbons (Fsp3) is 0.625. The summed E-state index contributed by atoms with van der Waals surface area (Å²) >= 11 is 0. The third kappa shape index (κ3) is 3.30. The molecule has 0 saturated carbocycles. The molecule has 1 rings (SSSR count). The van der Waals surface area contributed by atoms with E-state index in [1.165, 1.54) is 0 Å². The molecule has 84 valence electrons. The fourth-order valence-corrected chi connectivity index (χ4v) is 1.06. The lowest BCUT2D eigenvalue weighted by molar-refractivity contribution is -0.121. The maximum absolute atomic E-state index is 11.4. The third-order valence-corrected chi connectivity index (χ3v) is 1.94. The van der Waals surface area contributed by atoms with Gasteiger partial charge in [0.05, 0.1) is 19.3 Å². The lowest BCUT2D eigenvalue weighted by Gasteiger charge is -2.16. The number of rotatable bonds is 4. The second-order valence-corrected chi connectivity index (χ2v) is 3.13. The number of amides is 2. The molecular formula is C8H13N3O4. The van der Waals surface area contributed by atoms with Gasteiger partial charge in [-0.3, -0.25) is 9.59 Å². The van der Waals surface area contributed by atoms with Gasteiger partial charge in [0.25, 0.3) is 5.91 Å². The lowest BCUT2D eigenvalue weighted by Crippen LogP contribution is -2.45. The van der Waals surface area contributed by atoms with Gasteiger partial charge in [-0.25, -0.2) is 5.43 Å². The molecule has 0 aliphatic carbocycles. The molecule has 0 aromatic heterocycles. The summed E-state index contributed by atoms with van der Waals surface area (Å²) < 4.78 is 0. The van der Waals surface area contributed by atoms with Crippen molar-refractivity contribution in [2.45, 2.75) is 18.9 Å². The van der Waals surface area contributed by atoms with E-state index in [-0.39, 0.29) is 37.7 Å². The summed E-state index contributed by atoms with van der Waals surface area (Å²) in [6.45, 7) is -0.691. The van der Waals surface area contributed by atoms with Crippen LogP contribution in [0.5, 0.6) is 0 Å². The highest BCUT2D eigenvalue weighted by Gasteiger charge is 2.20. The van der Waals surface area contributed by atoms with Gasteiger partial charge in [0.15, 0.2) is 0 Å². The summed E-state index contributed by atoms with van der Waals surface area (Å²) in [5, 5.41) is 23.4. The highest BCUT2D eigenvalue weighted by molar-refractivity contribution is 6.39. The lowest BCUT2D eigenvalue weighted by atomic mass is 10.1. The molecule has 0 radical (unpaired) electrons. The van der Waals surface area contributed by atoms with Gasteiger partial charge >= 0.3 is 0 Å². The monoisotopic (exact) mass is 215 g/mol. The van der Waals surface area contributed by atoms with Crippen molar-refractivity contribution >= 4 is 17.5 Å². The molecule has 15 heavy (non-hydrogen) atoms. The maximum atomic E-state index is 11.4. The second-order valence-electron chi connectivity index (χ2n) is 3.13. The summed E-state index contributed by atoms with van der Waals surface area (Å²) in [4.78, 5) is 22.2. The maximum Gasteiger partial charge on any atom is 0.267 e. The number of carbonyl (C=O) groups is 2. The first kappa shape index (κ1) is 11.6. The van der Waals surface area contributed by atoms with Crippen molar-refractivity contribution < 1.29 is 19.8 Å². The van der Waals surface area contributed by atoms with E-state index in [0.29, 0.717) is 0 Å². The number of aliphatic hydroxyl groups excluding tert-OH is 2. The second kappa shape index (κ2) is 5.42. The van der Waals surface area contributed by atoms with Crippen LogP contribution in [0.25, 0.3) is 0 Å². The Bertz CT molecular complexity index is 286. The number of hydrazone groups is 1. The summed E-state index contributed by atoms with van der Waals surface area (Å²) in [6.07, 6.45) is 0.483. The Labute approximate surface area is 86.2 Å². The minimum Gasteiger partial charge on any atom is -0.394 e. The van der Waals surface area contributed by atoms with E-state index in [1.54, 1.807) is 0 Å². The van der Waals surface area contributed by atoms with Crippen LogP contribution >= 0.6 is 0 Å². The molecular weight excluding hydrogens is 202 g/mol. The first-order chi connectivity index (χ1) is 7.17. The molecule has 1 aliphatic rings. The van der Waals surface area contributed by atoms with Crippen molar-refractivity contribution in [2.24, 2.45) is 5.10 Å². The zero-order valence-corrected chi connectivity index (χ0v) is 8.06. The molecule has 4 N–H and O–H groups in total. The highest BCUT2D eigenvalue weighted by atomic mass is 16.3. The Hall–Kier alpha value is -1.47. The molecule has 0 atom stereocenters. The van der Waals surface area contributed by atoms with Gasteiger partial charge in [0.1, 0.15) is 5.71 Å². The van der Waals surface area contributed by atoms with Crippen molar-refractivity contribution in [3.63, 3.8) is 0 Å². The highest BCUT2D eigenvalue weighted by Crippen LogP contribution is 1.99. The molecule has 2 amide bonds. The third-order valence-electron chi connectivity index (χ3n) is 1.94. The van der Waals surface area contributed by atoms with Crippen LogP contribution in [-0.2, 0) is 9.59 Å². The van der Waals surface area contributed by atoms with E-state index in [2.05, 4.69) is 15.8 Å². The van der Waals surface area contributed by atoms with E-state index in [0.717, 1.165) is 0 Å². The Morgan fingerprint density at radius 2 is 2.13 bits per heavy atom. The average molecular weight is 215 g/mol. The smallest absolute Gasteiger partial charge is 0.267 e. The van der Waals surface area contributed by atoms with E-state index in [9.17, 15) is 9.59 Å². The fourth-order valence-electron chi connectivity index (χ4n) is 1.06. The van der Waals surface area contributed by atoms with Gasteiger partial charge in [0, 0.05) is 12.8 Å². The van der Waals surface area contributed by atoms with Gasteiger partial charge in [0.2, 0.25) is 5.91 Å². The molecule has 7 heteroatoms. The normalized spacial score (nSPS) is 15.9. The van der Waals surface area contributed by atoms with Gasteiger partial charge in [-0.1, -0.05) is 0 Å². The van der Waals surface area contributed by atoms with Crippen molar-refractivity contribution in [1.29, 1.82) is 0 Å². The number of nitrogens with one attached hydrogen (secondary N) is 2. The topological polar surface area (TPSA) is 111 Å². The number of hydrogen-bond acceptors (Lipinski definition) is 5. The van der Waals surface area contributed by atoms with Gasteiger partial charge < -0.3 is 15.5 Å². The van der Waals surface area contributed by atoms with Gasteiger partial charge in [-0.2, -0.15) is 5.10 Å². The number of hydrogen-bond donors (Lipinski definition) is 4. The SMILES string of the molecule is O=C1CCC(C(=O)NC(CO)CO)=NN1. The molecule has 0 bridgehead atoms. The Kier molecular flexibility index (Phi) is 4.19. The van der Waals surface area contributed by atoms with Crippen molar-refractivity contribution in [3.05, 3.63) is 0 Å². The van der Waals surface area contributed by atoms with Crippen LogP contribution in [0.4, 0.5) is 0 Å². The molecule has 0 aromatic carbocycles. The van der Waals surface area contributed by atoms with E-state index >= 15 is 0 Å². The van der Waals surface area contributed by atoms with Crippen LogP contribution < -0.4 is 10.7 Å². The van der Waals surface area contributed by atoms with Crippen molar-refractivity contribution in [1.82, 2.24) is 10.7 Å². The summed E-state index contributed by atoms with van der Waals surface area (Å²) in [7, 11) is 0. The molecule has 0 fully saturated rings. The van der Waals surface area contributed by atoms with Crippen LogP contribution in [0.1, 0.15) is 12.8 Å². The van der Waals surface area contributed by atoms with Gasteiger partial charge in [-0.05, 0) is 0 Å². The molecule has 0 saturated heterocycles. The predicted molar refractivity (Wildman–Crippen MR) is 50.9 cm³/mol. The summed E-state index contributed by atoms with van der Waals surface area (Å²) in [5.41, 5.74) is 2.38. The molecule has 0 spiro atoms. The minimum atomic E-state index is -0.696. The van der Waals surface area contributed by atoms with Crippen molar-refractivity contribution in [3.8, 4) is 0 Å². The molecule has 7 nitrogen and oxygen atoms in total. The zero-order chi connectivity index (χ0) is 11.3. The average Bonchev–Trinajstić information content (AvgIpc) is 2.26. The Morgan fingerprint density at radius 1 is 1.47 bits per heavy atom. The number of aliphatic hydroxyl groups is 2. The molecule has 0 aromatic rings.